The Labute approximate surface area is 158 Å². The second-order valence-electron chi connectivity index (χ2n) is 8.14. The van der Waals surface area contributed by atoms with Crippen LogP contribution >= 0.6 is 0 Å². The molecule has 0 radical (unpaired) electrons. The molecule has 2 saturated heterocycles. The molecule has 1 N–H and O–H groups in total. The first-order chi connectivity index (χ1) is 12.7. The molecule has 0 aromatic heterocycles. The third-order valence-corrected chi connectivity index (χ3v) is 5.96. The normalized spacial score (nSPS) is 21.4. The van der Waals surface area contributed by atoms with Gasteiger partial charge in [0.15, 0.2) is 0 Å². The Bertz CT molecular complexity index is 534. The number of rotatable bonds is 7. The molecular formula is C22H34N2O2. The lowest BCUT2D eigenvalue weighted by Crippen LogP contribution is -2.42. The molecule has 2 heterocycles. The Morgan fingerprint density at radius 3 is 2.50 bits per heavy atom. The van der Waals surface area contributed by atoms with E-state index in [1.807, 2.05) is 25.1 Å². The lowest BCUT2D eigenvalue weighted by molar-refractivity contribution is -0.124. The number of benzene rings is 1. The van der Waals surface area contributed by atoms with E-state index in [-0.39, 0.29) is 11.8 Å². The fraction of sp³-hybridized carbons (Fsp3) is 0.682. The van der Waals surface area contributed by atoms with Crippen LogP contribution < -0.4 is 5.32 Å². The SMILES string of the molecule is CC(Cc1ccccc1)C(=O)NCC1CCN(CC2CCOCC2)CC1. The van der Waals surface area contributed by atoms with Gasteiger partial charge in [-0.05, 0) is 62.6 Å². The maximum atomic E-state index is 12.4. The highest BCUT2D eigenvalue weighted by Crippen LogP contribution is 2.21. The maximum absolute atomic E-state index is 12.4. The molecule has 0 spiro atoms. The average molecular weight is 359 g/mol. The van der Waals surface area contributed by atoms with Gasteiger partial charge in [-0.15, -0.1) is 0 Å². The van der Waals surface area contributed by atoms with Crippen molar-refractivity contribution in [1.82, 2.24) is 10.2 Å². The second kappa shape index (κ2) is 10.1. The third kappa shape index (κ3) is 6.10. The minimum atomic E-state index is 0.0333. The van der Waals surface area contributed by atoms with Crippen molar-refractivity contribution >= 4 is 5.91 Å². The van der Waals surface area contributed by atoms with Gasteiger partial charge in [0.1, 0.15) is 0 Å². The summed E-state index contributed by atoms with van der Waals surface area (Å²) in [6.45, 7) is 8.33. The van der Waals surface area contributed by atoms with Crippen LogP contribution in [0, 0.1) is 17.8 Å². The van der Waals surface area contributed by atoms with E-state index in [4.69, 9.17) is 4.74 Å². The fourth-order valence-corrected chi connectivity index (χ4v) is 4.15. The lowest BCUT2D eigenvalue weighted by Gasteiger charge is -2.35. The van der Waals surface area contributed by atoms with E-state index in [1.165, 1.54) is 50.9 Å². The number of ether oxygens (including phenoxy) is 1. The number of likely N-dealkylation sites (tertiary alicyclic amines) is 1. The van der Waals surface area contributed by atoms with Crippen molar-refractivity contribution in [3.63, 3.8) is 0 Å². The summed E-state index contributed by atoms with van der Waals surface area (Å²) in [5.74, 6) is 1.68. The summed E-state index contributed by atoms with van der Waals surface area (Å²) in [5, 5.41) is 3.19. The summed E-state index contributed by atoms with van der Waals surface area (Å²) in [6.07, 6.45) is 5.66. The van der Waals surface area contributed by atoms with Gasteiger partial charge in [0.05, 0.1) is 0 Å². The molecule has 0 saturated carbocycles. The minimum Gasteiger partial charge on any atom is -0.381 e. The molecule has 26 heavy (non-hydrogen) atoms. The van der Waals surface area contributed by atoms with Crippen LogP contribution in [0.25, 0.3) is 0 Å². The molecule has 0 aliphatic carbocycles. The number of nitrogens with one attached hydrogen (secondary N) is 1. The van der Waals surface area contributed by atoms with Crippen molar-refractivity contribution in [2.24, 2.45) is 17.8 Å². The highest BCUT2D eigenvalue weighted by Gasteiger charge is 2.23. The van der Waals surface area contributed by atoms with Gasteiger partial charge >= 0.3 is 0 Å². The molecule has 2 aliphatic heterocycles. The topological polar surface area (TPSA) is 41.6 Å². The van der Waals surface area contributed by atoms with Crippen LogP contribution in [0.4, 0.5) is 0 Å². The first kappa shape index (κ1) is 19.4. The van der Waals surface area contributed by atoms with Gasteiger partial charge in [-0.3, -0.25) is 4.79 Å². The lowest BCUT2D eigenvalue weighted by atomic mass is 9.93. The zero-order valence-electron chi connectivity index (χ0n) is 16.2. The Balaban J connectivity index is 1.32. The van der Waals surface area contributed by atoms with Crippen molar-refractivity contribution in [3.8, 4) is 0 Å². The van der Waals surface area contributed by atoms with E-state index in [2.05, 4.69) is 22.3 Å². The summed E-state index contributed by atoms with van der Waals surface area (Å²) in [5.41, 5.74) is 1.23. The van der Waals surface area contributed by atoms with Crippen LogP contribution in [0.5, 0.6) is 0 Å². The minimum absolute atomic E-state index is 0.0333. The zero-order chi connectivity index (χ0) is 18.2. The quantitative estimate of drug-likeness (QED) is 0.814. The highest BCUT2D eigenvalue weighted by atomic mass is 16.5. The predicted octanol–water partition coefficient (Wildman–Crippen LogP) is 3.12. The molecule has 1 unspecified atom stereocenters. The third-order valence-electron chi connectivity index (χ3n) is 5.96. The molecule has 144 valence electrons. The van der Waals surface area contributed by atoms with E-state index >= 15 is 0 Å². The molecule has 1 atom stereocenters. The van der Waals surface area contributed by atoms with Gasteiger partial charge in [0.25, 0.3) is 0 Å². The molecule has 0 bridgehead atoms. The smallest absolute Gasteiger partial charge is 0.223 e. The summed E-state index contributed by atoms with van der Waals surface area (Å²) in [4.78, 5) is 15.0. The number of hydrogen-bond acceptors (Lipinski definition) is 3. The van der Waals surface area contributed by atoms with E-state index in [0.717, 1.165) is 32.1 Å². The van der Waals surface area contributed by atoms with Crippen molar-refractivity contribution in [2.75, 3.05) is 39.4 Å². The molecule has 2 fully saturated rings. The summed E-state index contributed by atoms with van der Waals surface area (Å²) < 4.78 is 5.46. The molecule has 4 nitrogen and oxygen atoms in total. The molecule has 1 amide bonds. The average Bonchev–Trinajstić information content (AvgIpc) is 2.69. The summed E-state index contributed by atoms with van der Waals surface area (Å²) in [7, 11) is 0. The Morgan fingerprint density at radius 2 is 1.81 bits per heavy atom. The monoisotopic (exact) mass is 358 g/mol. The highest BCUT2D eigenvalue weighted by molar-refractivity contribution is 5.78. The van der Waals surface area contributed by atoms with Gasteiger partial charge in [-0.2, -0.15) is 0 Å². The van der Waals surface area contributed by atoms with E-state index in [0.29, 0.717) is 5.92 Å². The van der Waals surface area contributed by atoms with Crippen LogP contribution in [-0.4, -0.2) is 50.2 Å². The number of nitrogens with zero attached hydrogens (tertiary/aromatic N) is 1. The number of piperidine rings is 1. The van der Waals surface area contributed by atoms with Crippen molar-refractivity contribution in [3.05, 3.63) is 35.9 Å². The fourth-order valence-electron chi connectivity index (χ4n) is 4.15. The summed E-state index contributed by atoms with van der Waals surface area (Å²) in [6, 6.07) is 10.3. The maximum Gasteiger partial charge on any atom is 0.223 e. The van der Waals surface area contributed by atoms with E-state index < -0.39 is 0 Å². The molecule has 2 aliphatic rings. The van der Waals surface area contributed by atoms with Gasteiger partial charge in [-0.25, -0.2) is 0 Å². The number of amides is 1. The Hall–Kier alpha value is -1.39. The molecule has 4 heteroatoms. The molecule has 1 aromatic rings. The largest absolute Gasteiger partial charge is 0.381 e. The van der Waals surface area contributed by atoms with Crippen molar-refractivity contribution < 1.29 is 9.53 Å². The first-order valence-electron chi connectivity index (χ1n) is 10.3. The Morgan fingerprint density at radius 1 is 1.12 bits per heavy atom. The molecule has 3 rings (SSSR count). The summed E-state index contributed by atoms with van der Waals surface area (Å²) >= 11 is 0. The zero-order valence-corrected chi connectivity index (χ0v) is 16.2. The van der Waals surface area contributed by atoms with Crippen LogP contribution in [0.15, 0.2) is 30.3 Å². The van der Waals surface area contributed by atoms with Crippen molar-refractivity contribution in [1.29, 1.82) is 0 Å². The van der Waals surface area contributed by atoms with Crippen molar-refractivity contribution in [2.45, 2.75) is 39.0 Å². The second-order valence-corrected chi connectivity index (χ2v) is 8.14. The van der Waals surface area contributed by atoms with Crippen LogP contribution in [0.3, 0.4) is 0 Å². The molecule has 1 aromatic carbocycles. The van der Waals surface area contributed by atoms with E-state index in [1.54, 1.807) is 0 Å². The number of hydrogen-bond donors (Lipinski definition) is 1. The van der Waals surface area contributed by atoms with Crippen LogP contribution in [-0.2, 0) is 16.0 Å². The predicted molar refractivity (Wildman–Crippen MR) is 105 cm³/mol. The molecular weight excluding hydrogens is 324 g/mol. The van der Waals surface area contributed by atoms with Gasteiger partial charge < -0.3 is 15.0 Å². The van der Waals surface area contributed by atoms with E-state index in [9.17, 15) is 4.79 Å². The number of carbonyl (C=O) groups excluding carboxylic acids is 1. The standard InChI is InChI=1S/C22H34N2O2/c1-18(15-19-5-3-2-4-6-19)22(25)23-16-20-7-11-24(12-8-20)17-21-9-13-26-14-10-21/h2-6,18,20-21H,7-17H2,1H3,(H,23,25). The van der Waals surface area contributed by atoms with Crippen LogP contribution in [0.1, 0.15) is 38.2 Å². The Kier molecular flexibility index (Phi) is 7.51. The van der Waals surface area contributed by atoms with Gasteiger partial charge in [0.2, 0.25) is 5.91 Å². The van der Waals surface area contributed by atoms with Gasteiger partial charge in [0, 0.05) is 32.2 Å². The first-order valence-corrected chi connectivity index (χ1v) is 10.3. The van der Waals surface area contributed by atoms with Crippen LogP contribution in [0.2, 0.25) is 0 Å². The number of carbonyl (C=O) groups is 1. The van der Waals surface area contributed by atoms with Gasteiger partial charge in [-0.1, -0.05) is 37.3 Å².